The van der Waals surface area contributed by atoms with Crippen LogP contribution >= 0.6 is 15.6 Å². The first kappa shape index (κ1) is 97.1. The fourth-order valence-electron chi connectivity index (χ4n) is 12.4. The third-order valence-corrected chi connectivity index (χ3v) is 20.6. The van der Waals surface area contributed by atoms with Crippen LogP contribution in [0.1, 0.15) is 420 Å². The van der Waals surface area contributed by atoms with Crippen molar-refractivity contribution in [1.29, 1.82) is 0 Å². The molecule has 0 aromatic carbocycles. The molecule has 0 rings (SSSR count). The molecule has 5 atom stereocenters. The number of phosphoric acid groups is 2. The predicted molar refractivity (Wildman–Crippen MR) is 405 cm³/mol. The van der Waals surface area contributed by atoms with E-state index < -0.39 is 97.5 Å². The number of carbonyl (C=O) groups is 4. The van der Waals surface area contributed by atoms with Crippen molar-refractivity contribution in [2.45, 2.75) is 439 Å². The number of unbranched alkanes of at least 4 members (excludes halogenated alkanes) is 49. The van der Waals surface area contributed by atoms with Crippen molar-refractivity contribution in [2.75, 3.05) is 39.6 Å². The summed E-state index contributed by atoms with van der Waals surface area (Å²) in [5.41, 5.74) is 0. The lowest BCUT2D eigenvalue weighted by Crippen LogP contribution is -2.30. The smallest absolute Gasteiger partial charge is 0.462 e. The van der Waals surface area contributed by atoms with Gasteiger partial charge in [-0.25, -0.2) is 9.13 Å². The first-order valence-electron chi connectivity index (χ1n) is 41.5. The Hall–Kier alpha value is -1.94. The van der Waals surface area contributed by atoms with Crippen molar-refractivity contribution in [2.24, 2.45) is 11.8 Å². The number of hydrogen-bond acceptors (Lipinski definition) is 15. The van der Waals surface area contributed by atoms with Crippen LogP contribution in [0.5, 0.6) is 0 Å². The largest absolute Gasteiger partial charge is 0.472 e. The van der Waals surface area contributed by atoms with Gasteiger partial charge in [0, 0.05) is 25.7 Å². The van der Waals surface area contributed by atoms with E-state index in [0.29, 0.717) is 25.7 Å². The Morgan fingerprint density at radius 3 is 0.687 bits per heavy atom. The summed E-state index contributed by atoms with van der Waals surface area (Å²) in [5.74, 6) is -0.547. The molecule has 19 heteroatoms. The molecule has 0 aromatic heterocycles. The fraction of sp³-hybridized carbons (Fsp3) is 0.950. The topological polar surface area (TPSA) is 237 Å². The summed E-state index contributed by atoms with van der Waals surface area (Å²) in [7, 11) is -9.92. The molecule has 0 aromatic rings. The maximum atomic E-state index is 13.1. The molecule has 0 saturated heterocycles. The van der Waals surface area contributed by atoms with Crippen LogP contribution in [0.2, 0.25) is 0 Å². The Bertz CT molecular complexity index is 1910. The standard InChI is InChI=1S/C80H156O17P2/c1-7-9-11-13-15-17-19-21-22-23-27-33-39-45-51-57-63-78(83)91-69-75(96-79(84)64-58-52-46-40-34-28-25-24-26-30-36-42-48-54-60-72(3)4)70-94-98(86,87)92-66-74(81)67-93-99(88,89)95-71-76(68-90-77(82)62-56-50-44-38-32-20-18-16-14-12-10-8-2)97-80(85)65-59-53-47-41-35-29-31-37-43-49-55-61-73(5)6/h72-76,81H,7-71H2,1-6H3,(H,86,87)(H,88,89)/t74-,75-,76-/m1/s1. The highest BCUT2D eigenvalue weighted by Gasteiger charge is 2.30. The molecule has 0 bridgehead atoms. The molecule has 0 heterocycles. The Labute approximate surface area is 607 Å². The van der Waals surface area contributed by atoms with Crippen LogP contribution in [0.25, 0.3) is 0 Å². The lowest BCUT2D eigenvalue weighted by Gasteiger charge is -2.21. The maximum Gasteiger partial charge on any atom is 0.472 e. The molecule has 0 radical (unpaired) electrons. The van der Waals surface area contributed by atoms with Gasteiger partial charge in [-0.3, -0.25) is 37.3 Å². The number of phosphoric ester groups is 2. The van der Waals surface area contributed by atoms with Gasteiger partial charge >= 0.3 is 39.5 Å². The van der Waals surface area contributed by atoms with E-state index in [1.54, 1.807) is 0 Å². The van der Waals surface area contributed by atoms with Gasteiger partial charge in [0.25, 0.3) is 0 Å². The van der Waals surface area contributed by atoms with E-state index in [4.69, 9.17) is 37.0 Å². The number of ether oxygens (including phenoxy) is 4. The summed E-state index contributed by atoms with van der Waals surface area (Å²) in [6, 6.07) is 0. The summed E-state index contributed by atoms with van der Waals surface area (Å²) >= 11 is 0. The van der Waals surface area contributed by atoms with Crippen molar-refractivity contribution in [1.82, 2.24) is 0 Å². The van der Waals surface area contributed by atoms with Gasteiger partial charge in [0.2, 0.25) is 0 Å². The Morgan fingerprint density at radius 1 is 0.273 bits per heavy atom. The predicted octanol–water partition coefficient (Wildman–Crippen LogP) is 23.9. The lowest BCUT2D eigenvalue weighted by atomic mass is 10.0. The minimum Gasteiger partial charge on any atom is -0.462 e. The number of carbonyl (C=O) groups excluding carboxylic acids is 4. The number of aliphatic hydroxyl groups excluding tert-OH is 1. The van der Waals surface area contributed by atoms with Gasteiger partial charge in [-0.1, -0.05) is 369 Å². The molecule has 2 unspecified atom stereocenters. The molecule has 3 N–H and O–H groups in total. The van der Waals surface area contributed by atoms with Crippen LogP contribution in [0.3, 0.4) is 0 Å². The summed E-state index contributed by atoms with van der Waals surface area (Å²) in [4.78, 5) is 73.0. The third-order valence-electron chi connectivity index (χ3n) is 18.7. The second kappa shape index (κ2) is 71.7. The molecule has 0 amide bonds. The van der Waals surface area contributed by atoms with Gasteiger partial charge in [0.05, 0.1) is 26.4 Å². The van der Waals surface area contributed by atoms with E-state index >= 15 is 0 Å². The van der Waals surface area contributed by atoms with Crippen LogP contribution < -0.4 is 0 Å². The molecule has 588 valence electrons. The van der Waals surface area contributed by atoms with E-state index in [1.165, 1.54) is 238 Å². The zero-order valence-corrected chi connectivity index (χ0v) is 66.6. The molecule has 0 saturated carbocycles. The molecule has 99 heavy (non-hydrogen) atoms. The van der Waals surface area contributed by atoms with Crippen LogP contribution in [0, 0.1) is 11.8 Å². The monoisotopic (exact) mass is 1450 g/mol. The third kappa shape index (κ3) is 74.1. The number of rotatable bonds is 79. The van der Waals surface area contributed by atoms with Gasteiger partial charge in [0.15, 0.2) is 12.2 Å². The second-order valence-corrected chi connectivity index (χ2v) is 32.7. The molecular formula is C80H156O17P2. The van der Waals surface area contributed by atoms with Crippen LogP contribution in [0.15, 0.2) is 0 Å². The molecule has 0 aliphatic rings. The SMILES string of the molecule is CCCCCCCCCCCCCCCCCCC(=O)OC[C@H](COP(=O)(O)OC[C@@H](O)COP(=O)(O)OC[C@@H](COC(=O)CCCCCCCCCCCCCC)OC(=O)CCCCCCCCCCCCCC(C)C)OC(=O)CCCCCCCCCCCCCCCCC(C)C. The Morgan fingerprint density at radius 2 is 0.465 bits per heavy atom. The van der Waals surface area contributed by atoms with Gasteiger partial charge in [-0.2, -0.15) is 0 Å². The minimum atomic E-state index is -4.96. The highest BCUT2D eigenvalue weighted by atomic mass is 31.2. The number of aliphatic hydroxyl groups is 1. The minimum absolute atomic E-state index is 0.107. The molecule has 0 aliphatic heterocycles. The molecule has 0 aliphatic carbocycles. The van der Waals surface area contributed by atoms with Crippen molar-refractivity contribution in [3.05, 3.63) is 0 Å². The van der Waals surface area contributed by atoms with Gasteiger partial charge in [0.1, 0.15) is 19.3 Å². The Balaban J connectivity index is 5.26. The highest BCUT2D eigenvalue weighted by Crippen LogP contribution is 2.45. The van der Waals surface area contributed by atoms with Crippen LogP contribution in [-0.2, 0) is 65.4 Å². The molecular weight excluding hydrogens is 1290 g/mol. The maximum absolute atomic E-state index is 13.1. The van der Waals surface area contributed by atoms with Crippen molar-refractivity contribution in [3.8, 4) is 0 Å². The molecule has 17 nitrogen and oxygen atoms in total. The first-order valence-corrected chi connectivity index (χ1v) is 44.5. The van der Waals surface area contributed by atoms with Crippen molar-refractivity contribution in [3.63, 3.8) is 0 Å². The summed E-state index contributed by atoms with van der Waals surface area (Å²) in [6.07, 6.45) is 60.9. The van der Waals surface area contributed by atoms with Crippen LogP contribution in [-0.4, -0.2) is 96.7 Å². The summed E-state index contributed by atoms with van der Waals surface area (Å²) < 4.78 is 68.7. The highest BCUT2D eigenvalue weighted by molar-refractivity contribution is 7.47. The second-order valence-electron chi connectivity index (χ2n) is 29.8. The average Bonchev–Trinajstić information content (AvgIpc) is 0.998. The van der Waals surface area contributed by atoms with E-state index in [1.807, 2.05) is 0 Å². The Kier molecular flexibility index (Phi) is 70.3. The van der Waals surface area contributed by atoms with E-state index in [2.05, 4.69) is 41.5 Å². The normalized spacial score (nSPS) is 13.9. The molecule has 0 fully saturated rings. The number of hydrogen-bond donors (Lipinski definition) is 3. The first-order chi connectivity index (χ1) is 47.9. The fourth-order valence-corrected chi connectivity index (χ4v) is 13.9. The quantitative estimate of drug-likeness (QED) is 0.0222. The lowest BCUT2D eigenvalue weighted by molar-refractivity contribution is -0.161. The van der Waals surface area contributed by atoms with Gasteiger partial charge < -0.3 is 33.8 Å². The van der Waals surface area contributed by atoms with Gasteiger partial charge in [-0.15, -0.1) is 0 Å². The zero-order chi connectivity index (χ0) is 72.8. The summed E-state index contributed by atoms with van der Waals surface area (Å²) in [6.45, 7) is 9.66. The van der Waals surface area contributed by atoms with E-state index in [0.717, 1.165) is 102 Å². The number of esters is 4. The average molecular weight is 1450 g/mol. The van der Waals surface area contributed by atoms with Crippen molar-refractivity contribution < 1.29 is 80.2 Å². The van der Waals surface area contributed by atoms with Gasteiger partial charge in [-0.05, 0) is 37.5 Å². The zero-order valence-electron chi connectivity index (χ0n) is 64.8. The van der Waals surface area contributed by atoms with Crippen LogP contribution in [0.4, 0.5) is 0 Å². The summed E-state index contributed by atoms with van der Waals surface area (Å²) in [5, 5.41) is 10.6. The van der Waals surface area contributed by atoms with Crippen molar-refractivity contribution >= 4 is 39.5 Å². The van der Waals surface area contributed by atoms with E-state index in [-0.39, 0.29) is 25.7 Å². The van der Waals surface area contributed by atoms with E-state index in [9.17, 15) is 43.2 Å². The molecule has 0 spiro atoms.